The van der Waals surface area contributed by atoms with E-state index >= 15 is 0 Å². The molecule has 9 heteroatoms. The molecule has 3 heterocycles. The zero-order valence-corrected chi connectivity index (χ0v) is 20.2. The van der Waals surface area contributed by atoms with Crippen LogP contribution in [0.4, 0.5) is 5.69 Å². The molecule has 1 atom stereocenters. The molecule has 0 aromatic heterocycles. The standard InChI is InChI=1S/C26H31N3O6/c1-32-22-11-17-6-10-29(15-19(17)12-23(22)33-2)26(31)18-5-8-28(14-18)9-7-25(30)27-20-3-4-21-24(13-20)35-16-34-21/h3-4,11-13,18H,5-10,14-16H2,1-2H3,(H,27,30)/t18-/m0/s1. The third kappa shape index (κ3) is 5.00. The number of carbonyl (C=O) groups excluding carboxylic acids is 2. The van der Waals surface area contributed by atoms with Gasteiger partial charge in [-0.2, -0.15) is 0 Å². The maximum atomic E-state index is 13.2. The van der Waals surface area contributed by atoms with Gasteiger partial charge in [0.1, 0.15) is 0 Å². The Morgan fingerprint density at radius 1 is 1.03 bits per heavy atom. The first-order valence-corrected chi connectivity index (χ1v) is 12.0. The molecule has 0 aliphatic carbocycles. The Morgan fingerprint density at radius 3 is 2.60 bits per heavy atom. The number of carbonyl (C=O) groups is 2. The summed E-state index contributed by atoms with van der Waals surface area (Å²) < 4.78 is 21.5. The minimum atomic E-state index is -0.0596. The third-order valence-electron chi connectivity index (χ3n) is 6.96. The second-order valence-electron chi connectivity index (χ2n) is 9.14. The van der Waals surface area contributed by atoms with Crippen LogP contribution in [0, 0.1) is 5.92 Å². The molecule has 3 aliphatic heterocycles. The van der Waals surface area contributed by atoms with Crippen molar-refractivity contribution in [1.29, 1.82) is 0 Å². The van der Waals surface area contributed by atoms with Crippen LogP contribution in [-0.4, -0.2) is 68.8 Å². The summed E-state index contributed by atoms with van der Waals surface area (Å²) in [6.45, 7) is 3.63. The van der Waals surface area contributed by atoms with E-state index in [0.717, 1.165) is 30.7 Å². The van der Waals surface area contributed by atoms with Gasteiger partial charge in [-0.1, -0.05) is 0 Å². The Labute approximate surface area is 204 Å². The van der Waals surface area contributed by atoms with Gasteiger partial charge in [0.05, 0.1) is 20.1 Å². The molecule has 186 valence electrons. The molecule has 1 fully saturated rings. The summed E-state index contributed by atoms with van der Waals surface area (Å²) in [4.78, 5) is 29.8. The average molecular weight is 482 g/mol. The summed E-state index contributed by atoms with van der Waals surface area (Å²) in [6.07, 6.45) is 1.99. The van der Waals surface area contributed by atoms with Gasteiger partial charge in [-0.15, -0.1) is 0 Å². The molecule has 1 saturated heterocycles. The second-order valence-corrected chi connectivity index (χ2v) is 9.14. The van der Waals surface area contributed by atoms with Crippen molar-refractivity contribution in [1.82, 2.24) is 9.80 Å². The number of anilines is 1. The number of likely N-dealkylation sites (tertiary alicyclic amines) is 1. The number of methoxy groups -OCH3 is 2. The number of hydrogen-bond acceptors (Lipinski definition) is 7. The average Bonchev–Trinajstić information content (AvgIpc) is 3.55. The van der Waals surface area contributed by atoms with Gasteiger partial charge in [0, 0.05) is 44.4 Å². The molecule has 3 aliphatic rings. The molecule has 35 heavy (non-hydrogen) atoms. The highest BCUT2D eigenvalue weighted by Gasteiger charge is 2.33. The lowest BCUT2D eigenvalue weighted by atomic mass is 9.97. The Morgan fingerprint density at radius 2 is 1.80 bits per heavy atom. The van der Waals surface area contributed by atoms with Crippen molar-refractivity contribution in [2.45, 2.75) is 25.8 Å². The molecule has 1 N–H and O–H groups in total. The minimum Gasteiger partial charge on any atom is -0.493 e. The molecule has 0 radical (unpaired) electrons. The molecular formula is C26H31N3O6. The van der Waals surface area contributed by atoms with E-state index in [0.29, 0.717) is 55.5 Å². The van der Waals surface area contributed by atoms with E-state index in [4.69, 9.17) is 18.9 Å². The normalized spacial score (nSPS) is 18.8. The van der Waals surface area contributed by atoms with E-state index in [1.807, 2.05) is 17.0 Å². The van der Waals surface area contributed by atoms with Crippen LogP contribution in [0.15, 0.2) is 30.3 Å². The Hall–Kier alpha value is -3.46. The third-order valence-corrected chi connectivity index (χ3v) is 6.96. The van der Waals surface area contributed by atoms with Crippen LogP contribution < -0.4 is 24.3 Å². The molecule has 0 bridgehead atoms. The van der Waals surface area contributed by atoms with Crippen molar-refractivity contribution in [3.63, 3.8) is 0 Å². The van der Waals surface area contributed by atoms with Crippen LogP contribution in [-0.2, 0) is 22.6 Å². The highest BCUT2D eigenvalue weighted by molar-refractivity contribution is 5.91. The van der Waals surface area contributed by atoms with Gasteiger partial charge < -0.3 is 34.1 Å². The number of nitrogens with one attached hydrogen (secondary N) is 1. The molecule has 5 rings (SSSR count). The van der Waals surface area contributed by atoms with Crippen LogP contribution >= 0.6 is 0 Å². The van der Waals surface area contributed by atoms with E-state index in [9.17, 15) is 9.59 Å². The van der Waals surface area contributed by atoms with Gasteiger partial charge in [0.25, 0.3) is 0 Å². The van der Waals surface area contributed by atoms with Crippen LogP contribution in [0.3, 0.4) is 0 Å². The van der Waals surface area contributed by atoms with Crippen molar-refractivity contribution >= 4 is 17.5 Å². The van der Waals surface area contributed by atoms with Gasteiger partial charge in [0.2, 0.25) is 18.6 Å². The maximum absolute atomic E-state index is 13.2. The number of rotatable bonds is 7. The fourth-order valence-electron chi connectivity index (χ4n) is 5.02. The van der Waals surface area contributed by atoms with E-state index in [-0.39, 0.29) is 24.5 Å². The lowest BCUT2D eigenvalue weighted by Crippen LogP contribution is -2.40. The van der Waals surface area contributed by atoms with Crippen LogP contribution in [0.25, 0.3) is 0 Å². The summed E-state index contributed by atoms with van der Waals surface area (Å²) in [5, 5.41) is 2.91. The summed E-state index contributed by atoms with van der Waals surface area (Å²) in [5.74, 6) is 2.84. The quantitative estimate of drug-likeness (QED) is 0.650. The van der Waals surface area contributed by atoms with Crippen molar-refractivity contribution in [3.8, 4) is 23.0 Å². The van der Waals surface area contributed by atoms with Crippen molar-refractivity contribution in [2.75, 3.05) is 52.5 Å². The zero-order chi connectivity index (χ0) is 24.4. The predicted molar refractivity (Wildman–Crippen MR) is 129 cm³/mol. The van der Waals surface area contributed by atoms with Gasteiger partial charge in [0.15, 0.2) is 23.0 Å². The predicted octanol–water partition coefficient (Wildman–Crippen LogP) is 2.67. The van der Waals surface area contributed by atoms with E-state index < -0.39 is 0 Å². The first-order valence-electron chi connectivity index (χ1n) is 12.0. The summed E-state index contributed by atoms with van der Waals surface area (Å²) in [5.41, 5.74) is 3.00. The van der Waals surface area contributed by atoms with Gasteiger partial charge in [-0.05, 0) is 54.8 Å². The molecule has 2 amide bonds. The smallest absolute Gasteiger partial charge is 0.231 e. The molecular weight excluding hydrogens is 450 g/mol. The Bertz CT molecular complexity index is 1120. The highest BCUT2D eigenvalue weighted by atomic mass is 16.7. The first kappa shape index (κ1) is 23.3. The SMILES string of the molecule is COc1cc2c(cc1OC)CN(C(=O)[C@H]1CCN(CCC(=O)Nc3ccc4c(c3)OCO4)C1)CC2. The fourth-order valence-corrected chi connectivity index (χ4v) is 5.02. The molecule has 0 spiro atoms. The van der Waals surface area contributed by atoms with Crippen LogP contribution in [0.2, 0.25) is 0 Å². The van der Waals surface area contributed by atoms with Gasteiger partial charge in [-0.25, -0.2) is 0 Å². The molecule has 2 aromatic carbocycles. The summed E-state index contributed by atoms with van der Waals surface area (Å²) in [7, 11) is 3.26. The van der Waals surface area contributed by atoms with E-state index in [1.165, 1.54) is 5.56 Å². The van der Waals surface area contributed by atoms with E-state index in [2.05, 4.69) is 10.2 Å². The highest BCUT2D eigenvalue weighted by Crippen LogP contribution is 2.35. The van der Waals surface area contributed by atoms with Crippen LogP contribution in [0.5, 0.6) is 23.0 Å². The Kier molecular flexibility index (Phi) is 6.68. The number of hydrogen-bond donors (Lipinski definition) is 1. The molecule has 0 saturated carbocycles. The molecule has 0 unspecified atom stereocenters. The number of amides is 2. The largest absolute Gasteiger partial charge is 0.493 e. The lowest BCUT2D eigenvalue weighted by Gasteiger charge is -2.31. The summed E-state index contributed by atoms with van der Waals surface area (Å²) in [6, 6.07) is 9.36. The monoisotopic (exact) mass is 481 g/mol. The van der Waals surface area contributed by atoms with Gasteiger partial charge in [-0.3, -0.25) is 9.59 Å². The number of fused-ring (bicyclic) bond motifs is 2. The second kappa shape index (κ2) is 10.0. The fraction of sp³-hybridized carbons (Fsp3) is 0.462. The lowest BCUT2D eigenvalue weighted by molar-refractivity contribution is -0.136. The van der Waals surface area contributed by atoms with Gasteiger partial charge >= 0.3 is 0 Å². The first-order chi connectivity index (χ1) is 17.0. The van der Waals surface area contributed by atoms with Crippen LogP contribution in [0.1, 0.15) is 24.0 Å². The van der Waals surface area contributed by atoms with Crippen molar-refractivity contribution in [2.24, 2.45) is 5.92 Å². The van der Waals surface area contributed by atoms with E-state index in [1.54, 1.807) is 32.4 Å². The van der Waals surface area contributed by atoms with Crippen molar-refractivity contribution < 1.29 is 28.5 Å². The maximum Gasteiger partial charge on any atom is 0.231 e. The Balaban J connectivity index is 1.11. The molecule has 9 nitrogen and oxygen atoms in total. The van der Waals surface area contributed by atoms with Crippen molar-refractivity contribution in [3.05, 3.63) is 41.5 Å². The zero-order valence-electron chi connectivity index (χ0n) is 20.2. The number of nitrogens with zero attached hydrogens (tertiary/aromatic N) is 2. The summed E-state index contributed by atoms with van der Waals surface area (Å²) >= 11 is 0. The minimum absolute atomic E-state index is 0.0337. The number of ether oxygens (including phenoxy) is 4. The molecule has 2 aromatic rings. The number of benzene rings is 2. The topological polar surface area (TPSA) is 89.6 Å².